The second kappa shape index (κ2) is 23.0. The molecule has 2 rings (SSSR count). The first-order valence-corrected chi connectivity index (χ1v) is 18.4. The van der Waals surface area contributed by atoms with Crippen LogP contribution in [0.3, 0.4) is 0 Å². The van der Waals surface area contributed by atoms with E-state index in [2.05, 4.69) is 41.5 Å². The van der Waals surface area contributed by atoms with Crippen molar-refractivity contribution in [2.45, 2.75) is 102 Å². The van der Waals surface area contributed by atoms with Crippen LogP contribution < -0.4 is 49.5 Å². The number of hydrogen-bond acceptors (Lipinski definition) is 11. The van der Waals surface area contributed by atoms with Gasteiger partial charge < -0.3 is 64.7 Å². The number of carbonyl (C=O) groups is 7. The number of guanidine groups is 1. The summed E-state index contributed by atoms with van der Waals surface area (Å²) in [6, 6.07) is -1.81. The van der Waals surface area contributed by atoms with Gasteiger partial charge in [-0.25, -0.2) is 4.98 Å². The number of aromatic amines is 1. The number of nitrogens with two attached hydrogens (primary N) is 4. The third kappa shape index (κ3) is 16.2. The summed E-state index contributed by atoms with van der Waals surface area (Å²) in [7, 11) is 0. The highest BCUT2D eigenvalue weighted by Crippen LogP contribution is 2.15. The van der Waals surface area contributed by atoms with Crippen molar-refractivity contribution in [3.05, 3.63) is 48.0 Å². The molecule has 0 saturated carbocycles. The Morgan fingerprint density at radius 3 is 1.91 bits per heavy atom. The quantitative estimate of drug-likeness (QED) is 0.0294. The molecule has 0 aliphatic rings. The summed E-state index contributed by atoms with van der Waals surface area (Å²) in [5, 5.41) is 31.9. The van der Waals surface area contributed by atoms with Crippen molar-refractivity contribution in [2.24, 2.45) is 39.8 Å². The molecule has 0 saturated heterocycles. The average Bonchev–Trinajstić information content (AvgIpc) is 3.66. The zero-order valence-corrected chi connectivity index (χ0v) is 32.5. The van der Waals surface area contributed by atoms with Gasteiger partial charge in [-0.3, -0.25) is 38.6 Å². The lowest BCUT2D eigenvalue weighted by molar-refractivity contribution is -0.140. The van der Waals surface area contributed by atoms with E-state index in [1.54, 1.807) is 39.8 Å². The second-order valence-electron chi connectivity index (χ2n) is 14.0. The number of aromatic hydroxyl groups is 1. The van der Waals surface area contributed by atoms with E-state index in [0.29, 0.717) is 17.7 Å². The van der Waals surface area contributed by atoms with Crippen molar-refractivity contribution in [2.75, 3.05) is 6.54 Å². The lowest BCUT2D eigenvalue weighted by atomic mass is 9.96. The van der Waals surface area contributed by atoms with Crippen LogP contribution in [-0.4, -0.2) is 110 Å². The van der Waals surface area contributed by atoms with E-state index in [-0.39, 0.29) is 43.9 Å². The number of aliphatic imine (C=N–C) groups is 1. The van der Waals surface area contributed by atoms with Crippen molar-refractivity contribution < 1.29 is 43.8 Å². The van der Waals surface area contributed by atoms with E-state index in [1.165, 1.54) is 24.7 Å². The lowest BCUT2D eigenvalue weighted by Crippen LogP contribution is -2.61. The number of benzene rings is 1. The number of primary amides is 1. The number of carboxylic acids is 1. The molecule has 57 heavy (non-hydrogen) atoms. The van der Waals surface area contributed by atoms with Crippen molar-refractivity contribution in [1.29, 1.82) is 0 Å². The number of carboxylic acid groups (broad SMARTS) is 1. The minimum atomic E-state index is -1.47. The minimum absolute atomic E-state index is 0.0139. The first kappa shape index (κ1) is 46.9. The summed E-state index contributed by atoms with van der Waals surface area (Å²) in [5.74, 6) is -7.38. The van der Waals surface area contributed by atoms with Crippen LogP contribution in [0.15, 0.2) is 41.8 Å². The van der Waals surface area contributed by atoms with Gasteiger partial charge in [0, 0.05) is 31.3 Å². The van der Waals surface area contributed by atoms with Crippen LogP contribution in [0.2, 0.25) is 0 Å². The molecule has 21 heteroatoms. The molecule has 1 aromatic carbocycles. The summed E-state index contributed by atoms with van der Waals surface area (Å²) in [6.07, 6.45) is 2.69. The first-order valence-electron chi connectivity index (χ1n) is 18.4. The smallest absolute Gasteiger partial charge is 0.305 e. The predicted octanol–water partition coefficient (Wildman–Crippen LogP) is -2.63. The van der Waals surface area contributed by atoms with E-state index >= 15 is 0 Å². The average molecular weight is 801 g/mol. The summed E-state index contributed by atoms with van der Waals surface area (Å²) < 4.78 is 0. The summed E-state index contributed by atoms with van der Waals surface area (Å²) >= 11 is 0. The van der Waals surface area contributed by atoms with Crippen molar-refractivity contribution in [3.63, 3.8) is 0 Å². The highest BCUT2D eigenvalue weighted by atomic mass is 16.4. The summed E-state index contributed by atoms with van der Waals surface area (Å²) in [6.45, 7) is 6.88. The number of imidazole rings is 1. The number of aromatic nitrogens is 2. The Hall–Kier alpha value is -6.25. The summed E-state index contributed by atoms with van der Waals surface area (Å²) in [4.78, 5) is 102. The van der Waals surface area contributed by atoms with Gasteiger partial charge >= 0.3 is 5.97 Å². The van der Waals surface area contributed by atoms with Crippen LogP contribution in [0.5, 0.6) is 5.75 Å². The predicted molar refractivity (Wildman–Crippen MR) is 207 cm³/mol. The number of rotatable bonds is 24. The zero-order valence-electron chi connectivity index (χ0n) is 32.5. The molecule has 0 fully saturated rings. The van der Waals surface area contributed by atoms with Crippen LogP contribution in [0.4, 0.5) is 0 Å². The molecule has 0 radical (unpaired) electrons. The Labute approximate surface area is 329 Å². The van der Waals surface area contributed by atoms with Crippen LogP contribution in [0.25, 0.3) is 0 Å². The van der Waals surface area contributed by atoms with E-state index in [9.17, 15) is 38.7 Å². The number of nitrogens with one attached hydrogen (secondary N) is 6. The molecular formula is C36H56N12O9. The van der Waals surface area contributed by atoms with Crippen LogP contribution >= 0.6 is 0 Å². The van der Waals surface area contributed by atoms with Gasteiger partial charge in [0.25, 0.3) is 0 Å². The van der Waals surface area contributed by atoms with Gasteiger partial charge in [0.15, 0.2) is 5.96 Å². The Morgan fingerprint density at radius 1 is 0.789 bits per heavy atom. The van der Waals surface area contributed by atoms with Gasteiger partial charge in [-0.05, 0) is 42.4 Å². The van der Waals surface area contributed by atoms with Gasteiger partial charge in [-0.2, -0.15) is 0 Å². The largest absolute Gasteiger partial charge is 0.508 e. The van der Waals surface area contributed by atoms with Gasteiger partial charge in [0.05, 0.1) is 18.8 Å². The second-order valence-corrected chi connectivity index (χ2v) is 14.0. The van der Waals surface area contributed by atoms with Crippen LogP contribution in [0, 0.1) is 11.8 Å². The highest BCUT2D eigenvalue weighted by Gasteiger charge is 2.35. The molecule has 0 unspecified atom stereocenters. The molecule has 1 aromatic heterocycles. The third-order valence-electron chi connectivity index (χ3n) is 9.00. The molecule has 0 bridgehead atoms. The highest BCUT2D eigenvalue weighted by molar-refractivity contribution is 5.97. The number of aliphatic carboxylic acids is 1. The fourth-order valence-electron chi connectivity index (χ4n) is 5.52. The fraction of sp³-hybridized carbons (Fsp3) is 0.528. The van der Waals surface area contributed by atoms with Crippen molar-refractivity contribution in [1.82, 2.24) is 36.6 Å². The van der Waals surface area contributed by atoms with Crippen molar-refractivity contribution >= 4 is 47.4 Å². The van der Waals surface area contributed by atoms with Gasteiger partial charge in [0.2, 0.25) is 35.4 Å². The molecule has 314 valence electrons. The Morgan fingerprint density at radius 2 is 1.37 bits per heavy atom. The monoisotopic (exact) mass is 800 g/mol. The van der Waals surface area contributed by atoms with Gasteiger partial charge in [-0.1, -0.05) is 46.2 Å². The van der Waals surface area contributed by atoms with E-state index in [4.69, 9.17) is 28.0 Å². The maximum atomic E-state index is 14.1. The molecule has 0 aliphatic heterocycles. The van der Waals surface area contributed by atoms with Gasteiger partial charge in [-0.15, -0.1) is 0 Å². The number of amides is 6. The van der Waals surface area contributed by atoms with E-state index < -0.39 is 95.9 Å². The third-order valence-corrected chi connectivity index (χ3v) is 9.00. The molecule has 6 amide bonds. The zero-order chi connectivity index (χ0) is 42.8. The molecule has 0 aliphatic carbocycles. The van der Waals surface area contributed by atoms with Crippen molar-refractivity contribution in [3.8, 4) is 5.75 Å². The molecule has 1 heterocycles. The summed E-state index contributed by atoms with van der Waals surface area (Å²) in [5.41, 5.74) is 23.1. The molecule has 2 aromatic rings. The molecule has 0 spiro atoms. The lowest BCUT2D eigenvalue weighted by Gasteiger charge is -2.30. The van der Waals surface area contributed by atoms with Crippen LogP contribution in [0.1, 0.15) is 64.6 Å². The normalized spacial score (nSPS) is 14.7. The maximum Gasteiger partial charge on any atom is 0.305 e. The fourth-order valence-corrected chi connectivity index (χ4v) is 5.52. The molecule has 16 N–H and O–H groups in total. The Bertz CT molecular complexity index is 1700. The number of hydrogen-bond donors (Lipinski definition) is 12. The number of phenolic OH excluding ortho intramolecular Hbond substituents is 1. The maximum absolute atomic E-state index is 14.1. The SMILES string of the molecule is CC[C@H](C)[C@H](NC(=O)[C@H](Cc1ccc(O)cc1)NC(=O)[C@@H](NC(=O)[C@H](CCCN=C(N)N)NC(=O)[C@@H](N)CC(=O)O)C(C)C)C(=O)N[C@@H](Cc1cnc[nH]1)C(N)=O. The minimum Gasteiger partial charge on any atom is -0.508 e. The number of phenols is 1. The number of carbonyl (C=O) groups excluding carboxylic acids is 6. The van der Waals surface area contributed by atoms with Gasteiger partial charge in [0.1, 0.15) is 36.0 Å². The molecular weight excluding hydrogens is 744 g/mol. The standard InChI is InChI=1S/C36H56N12O9/c1-5-19(4)29(35(57)45-25(30(38)52)14-21-16-41-17-43-21)48-33(55)26(13-20-8-10-22(49)11-9-20)46-34(56)28(18(2)3)47-32(54)24(7-6-12-42-36(39)40)44-31(53)23(37)15-27(50)51/h8-11,16-19,23-26,28-29,49H,5-7,12-15,37H2,1-4H3,(H2,38,52)(H,41,43)(H,44,53)(H,45,57)(H,46,56)(H,47,54)(H,48,55)(H,50,51)(H4,39,40,42)/t19-,23-,24-,25-,26-,28-,29-/m0/s1. The van der Waals surface area contributed by atoms with Crippen LogP contribution in [-0.2, 0) is 46.4 Å². The van der Waals surface area contributed by atoms with E-state index in [1.807, 2.05) is 0 Å². The molecule has 21 nitrogen and oxygen atoms in total. The first-order chi connectivity index (χ1) is 26.8. The number of nitrogens with zero attached hydrogens (tertiary/aromatic N) is 2. The topological polar surface area (TPSA) is 365 Å². The number of H-pyrrole nitrogens is 1. The Balaban J connectivity index is 2.38. The molecule has 7 atom stereocenters. The Kier molecular flexibility index (Phi) is 18.9. The van der Waals surface area contributed by atoms with E-state index in [0.717, 1.165) is 0 Å².